The Bertz CT molecular complexity index is 951. The SMILES string of the molecule is Cc1nc2c(sc(=S)n2C)c(=O)n1/N=C/c1ccccc1. The average molecular weight is 316 g/mol. The van der Waals surface area contributed by atoms with Crippen molar-refractivity contribution in [3.63, 3.8) is 0 Å². The molecule has 0 saturated heterocycles. The van der Waals surface area contributed by atoms with Gasteiger partial charge in [0.15, 0.2) is 9.60 Å². The van der Waals surface area contributed by atoms with Crippen molar-refractivity contribution in [3.8, 4) is 0 Å². The van der Waals surface area contributed by atoms with Crippen LogP contribution in [0.25, 0.3) is 10.3 Å². The summed E-state index contributed by atoms with van der Waals surface area (Å²) in [6.45, 7) is 1.75. The number of fused-ring (bicyclic) bond motifs is 1. The Labute approximate surface area is 129 Å². The summed E-state index contributed by atoms with van der Waals surface area (Å²) in [5, 5.41) is 4.24. The molecule has 0 bridgehead atoms. The monoisotopic (exact) mass is 316 g/mol. The predicted molar refractivity (Wildman–Crippen MR) is 87.9 cm³/mol. The molecule has 0 atom stereocenters. The molecule has 0 aliphatic carbocycles. The van der Waals surface area contributed by atoms with Crippen LogP contribution in [0.1, 0.15) is 11.4 Å². The van der Waals surface area contributed by atoms with Gasteiger partial charge < -0.3 is 4.57 Å². The summed E-state index contributed by atoms with van der Waals surface area (Å²) in [5.74, 6) is 0.531. The summed E-state index contributed by atoms with van der Waals surface area (Å²) in [5.41, 5.74) is 1.34. The average Bonchev–Trinajstić information content (AvgIpc) is 2.76. The first-order valence-electron chi connectivity index (χ1n) is 6.26. The number of nitrogens with zero attached hydrogens (tertiary/aromatic N) is 4. The molecule has 2 heterocycles. The maximum atomic E-state index is 12.5. The largest absolute Gasteiger partial charge is 0.311 e. The lowest BCUT2D eigenvalue weighted by molar-refractivity contribution is 0.764. The fourth-order valence-electron chi connectivity index (χ4n) is 1.95. The number of rotatable bonds is 2. The van der Waals surface area contributed by atoms with Gasteiger partial charge in [-0.15, -0.1) is 0 Å². The van der Waals surface area contributed by atoms with Gasteiger partial charge in [0.05, 0.1) is 6.21 Å². The molecule has 7 heteroatoms. The second kappa shape index (κ2) is 5.34. The number of thiazole rings is 1. The Morgan fingerprint density at radius 3 is 2.76 bits per heavy atom. The van der Waals surface area contributed by atoms with Gasteiger partial charge in [0.25, 0.3) is 5.56 Å². The van der Waals surface area contributed by atoms with Crippen LogP contribution in [0.4, 0.5) is 0 Å². The lowest BCUT2D eigenvalue weighted by Gasteiger charge is -2.03. The lowest BCUT2D eigenvalue weighted by atomic mass is 10.2. The minimum Gasteiger partial charge on any atom is -0.311 e. The third-order valence-corrected chi connectivity index (χ3v) is 4.60. The van der Waals surface area contributed by atoms with Gasteiger partial charge in [-0.25, -0.2) is 4.98 Å². The Morgan fingerprint density at radius 2 is 2.05 bits per heavy atom. The van der Waals surface area contributed by atoms with E-state index in [-0.39, 0.29) is 5.56 Å². The van der Waals surface area contributed by atoms with Crippen LogP contribution in [0.5, 0.6) is 0 Å². The molecule has 0 spiro atoms. The molecule has 0 N–H and O–H groups in total. The van der Waals surface area contributed by atoms with E-state index in [0.717, 1.165) is 5.56 Å². The molecule has 0 aliphatic heterocycles. The van der Waals surface area contributed by atoms with Gasteiger partial charge in [-0.3, -0.25) is 4.79 Å². The molecule has 5 nitrogen and oxygen atoms in total. The van der Waals surface area contributed by atoms with Crippen molar-refractivity contribution in [3.05, 3.63) is 56.0 Å². The number of benzene rings is 1. The standard InChI is InChI=1S/C14H12N4OS2/c1-9-16-12-11(21-14(20)17(12)2)13(19)18(9)15-8-10-6-4-3-5-7-10/h3-8H,1-2H3/b15-8+. The van der Waals surface area contributed by atoms with Crippen LogP contribution >= 0.6 is 23.6 Å². The first kappa shape index (κ1) is 13.8. The highest BCUT2D eigenvalue weighted by molar-refractivity contribution is 7.73. The summed E-state index contributed by atoms with van der Waals surface area (Å²) in [6, 6.07) is 9.60. The molecule has 106 valence electrons. The van der Waals surface area contributed by atoms with Crippen LogP contribution in [0.2, 0.25) is 0 Å². The second-order valence-corrected chi connectivity index (χ2v) is 6.16. The van der Waals surface area contributed by atoms with E-state index >= 15 is 0 Å². The summed E-state index contributed by atoms with van der Waals surface area (Å²) in [7, 11) is 1.81. The van der Waals surface area contributed by atoms with Gasteiger partial charge in [-0.1, -0.05) is 41.7 Å². The Balaban J connectivity index is 2.18. The summed E-state index contributed by atoms with van der Waals surface area (Å²) in [6.07, 6.45) is 1.64. The van der Waals surface area contributed by atoms with E-state index < -0.39 is 0 Å². The number of aryl methyl sites for hydroxylation is 2. The maximum Gasteiger partial charge on any atom is 0.293 e. The fourth-order valence-corrected chi connectivity index (χ4v) is 3.13. The van der Waals surface area contributed by atoms with Crippen LogP contribution in [0.3, 0.4) is 0 Å². The van der Waals surface area contributed by atoms with Crippen LogP contribution in [0, 0.1) is 10.9 Å². The van der Waals surface area contributed by atoms with Crippen molar-refractivity contribution in [2.75, 3.05) is 0 Å². The molecule has 3 rings (SSSR count). The van der Waals surface area contributed by atoms with Crippen molar-refractivity contribution in [1.82, 2.24) is 14.2 Å². The van der Waals surface area contributed by atoms with E-state index in [1.54, 1.807) is 17.7 Å². The summed E-state index contributed by atoms with van der Waals surface area (Å²) in [4.78, 5) is 16.9. The van der Waals surface area contributed by atoms with Crippen molar-refractivity contribution in [2.45, 2.75) is 6.92 Å². The minimum atomic E-state index is -0.193. The van der Waals surface area contributed by atoms with E-state index in [1.807, 2.05) is 37.4 Å². The Morgan fingerprint density at radius 1 is 1.33 bits per heavy atom. The van der Waals surface area contributed by atoms with Crippen LogP contribution < -0.4 is 5.56 Å². The van der Waals surface area contributed by atoms with Crippen LogP contribution in [0.15, 0.2) is 40.2 Å². The zero-order valence-corrected chi connectivity index (χ0v) is 13.1. The van der Waals surface area contributed by atoms with E-state index in [0.29, 0.717) is 20.1 Å². The predicted octanol–water partition coefficient (Wildman–Crippen LogP) is 2.72. The highest BCUT2D eigenvalue weighted by atomic mass is 32.1. The molecule has 0 unspecified atom stereocenters. The van der Waals surface area contributed by atoms with Crippen molar-refractivity contribution >= 4 is 40.1 Å². The molecular weight excluding hydrogens is 304 g/mol. The number of aromatic nitrogens is 3. The zero-order chi connectivity index (χ0) is 15.0. The molecule has 2 aromatic heterocycles. The van der Waals surface area contributed by atoms with Gasteiger partial charge in [-0.05, 0) is 24.7 Å². The first-order chi connectivity index (χ1) is 10.1. The Kier molecular flexibility index (Phi) is 3.52. The Hall–Kier alpha value is -2.12. The molecule has 21 heavy (non-hydrogen) atoms. The first-order valence-corrected chi connectivity index (χ1v) is 7.49. The third-order valence-electron chi connectivity index (χ3n) is 3.07. The van der Waals surface area contributed by atoms with Crippen LogP contribution in [-0.4, -0.2) is 20.4 Å². The number of hydrogen-bond donors (Lipinski definition) is 0. The molecule has 0 saturated carbocycles. The van der Waals surface area contributed by atoms with Crippen molar-refractivity contribution in [2.24, 2.45) is 12.1 Å². The highest BCUT2D eigenvalue weighted by Gasteiger charge is 2.12. The van der Waals surface area contributed by atoms with Crippen molar-refractivity contribution < 1.29 is 0 Å². The fraction of sp³-hybridized carbons (Fsp3) is 0.143. The van der Waals surface area contributed by atoms with E-state index in [1.165, 1.54) is 16.0 Å². The molecule has 0 fully saturated rings. The number of hydrogen-bond acceptors (Lipinski definition) is 5. The van der Waals surface area contributed by atoms with Crippen molar-refractivity contribution in [1.29, 1.82) is 0 Å². The van der Waals surface area contributed by atoms with Gasteiger partial charge in [0.2, 0.25) is 0 Å². The van der Waals surface area contributed by atoms with Crippen LogP contribution in [-0.2, 0) is 7.05 Å². The molecular formula is C14H12N4OS2. The van der Waals surface area contributed by atoms with E-state index in [9.17, 15) is 4.79 Å². The van der Waals surface area contributed by atoms with Gasteiger partial charge in [-0.2, -0.15) is 9.78 Å². The molecule has 3 aromatic rings. The van der Waals surface area contributed by atoms with E-state index in [2.05, 4.69) is 10.1 Å². The maximum absolute atomic E-state index is 12.5. The molecule has 0 amide bonds. The normalized spacial score (nSPS) is 11.5. The smallest absolute Gasteiger partial charge is 0.293 e. The summed E-state index contributed by atoms with van der Waals surface area (Å²) < 4.78 is 4.20. The molecule has 0 aliphatic rings. The van der Waals surface area contributed by atoms with Gasteiger partial charge in [0, 0.05) is 7.05 Å². The van der Waals surface area contributed by atoms with E-state index in [4.69, 9.17) is 12.2 Å². The third kappa shape index (κ3) is 2.45. The van der Waals surface area contributed by atoms with Gasteiger partial charge in [0.1, 0.15) is 10.5 Å². The molecule has 0 radical (unpaired) electrons. The minimum absolute atomic E-state index is 0.193. The quantitative estimate of drug-likeness (QED) is 0.539. The zero-order valence-electron chi connectivity index (χ0n) is 11.5. The summed E-state index contributed by atoms with van der Waals surface area (Å²) >= 11 is 6.45. The topological polar surface area (TPSA) is 52.2 Å². The molecule has 1 aromatic carbocycles. The second-order valence-electron chi connectivity index (χ2n) is 4.51. The van der Waals surface area contributed by atoms with Gasteiger partial charge >= 0.3 is 0 Å². The lowest BCUT2D eigenvalue weighted by Crippen LogP contribution is -2.20. The highest BCUT2D eigenvalue weighted by Crippen LogP contribution is 2.16.